The molecule has 0 saturated carbocycles. The second-order valence-corrected chi connectivity index (χ2v) is 7.71. The first-order valence-corrected chi connectivity index (χ1v) is 8.59. The highest BCUT2D eigenvalue weighted by Crippen LogP contribution is 2.38. The molecule has 0 aliphatic carbocycles. The van der Waals surface area contributed by atoms with Gasteiger partial charge in [-0.3, -0.25) is 4.79 Å². The fourth-order valence-electron chi connectivity index (χ4n) is 2.26. The lowest BCUT2D eigenvalue weighted by molar-refractivity contribution is -0.140. The van der Waals surface area contributed by atoms with Crippen molar-refractivity contribution in [2.75, 3.05) is 20.8 Å². The van der Waals surface area contributed by atoms with Gasteiger partial charge >= 0.3 is 11.9 Å². The van der Waals surface area contributed by atoms with Crippen LogP contribution in [0.1, 0.15) is 22.5 Å². The lowest BCUT2D eigenvalue weighted by atomic mass is 10.2. The van der Waals surface area contributed by atoms with E-state index in [1.165, 1.54) is 20.3 Å². The molecule has 0 unspecified atom stereocenters. The van der Waals surface area contributed by atoms with Gasteiger partial charge in [-0.25, -0.2) is 13.2 Å². The van der Waals surface area contributed by atoms with Crippen LogP contribution in [0.2, 0.25) is 0 Å². The number of hydrogen-bond acceptors (Lipinski definition) is 7. The van der Waals surface area contributed by atoms with Gasteiger partial charge in [0.1, 0.15) is 10.9 Å². The van der Waals surface area contributed by atoms with Gasteiger partial charge in [0.05, 0.1) is 14.2 Å². The largest absolute Gasteiger partial charge is 0.494 e. The molecule has 0 radical (unpaired) electrons. The maximum absolute atomic E-state index is 12.7. The molecule has 8 nitrogen and oxygen atoms in total. The molecule has 2 rings (SSSR count). The summed E-state index contributed by atoms with van der Waals surface area (Å²) in [6, 6.07) is 0.174. The number of thiophene rings is 1. The molecule has 10 heteroatoms. The second kappa shape index (κ2) is 6.23. The van der Waals surface area contributed by atoms with Crippen LogP contribution in [0.4, 0.5) is 0 Å². The van der Waals surface area contributed by atoms with E-state index in [0.29, 0.717) is 17.8 Å². The number of rotatable bonds is 5. The first-order chi connectivity index (χ1) is 10.3. The molecule has 22 heavy (non-hydrogen) atoms. The van der Waals surface area contributed by atoms with Crippen LogP contribution in [0.3, 0.4) is 0 Å². The molecular formula is C12H15NO7S2. The lowest BCUT2D eigenvalue weighted by Crippen LogP contribution is -2.40. The lowest BCUT2D eigenvalue weighted by Gasteiger charge is -2.20. The summed E-state index contributed by atoms with van der Waals surface area (Å²) in [5.74, 6) is -1.87. The normalized spacial score (nSPS) is 19.1. The predicted molar refractivity (Wildman–Crippen MR) is 76.8 cm³/mol. The minimum absolute atomic E-state index is 0.00133. The van der Waals surface area contributed by atoms with Gasteiger partial charge in [-0.1, -0.05) is 0 Å². The highest BCUT2D eigenvalue weighted by molar-refractivity contribution is 7.91. The maximum Gasteiger partial charge on any atom is 0.348 e. The third-order valence-corrected chi connectivity index (χ3v) is 6.80. The Morgan fingerprint density at radius 3 is 2.64 bits per heavy atom. The molecular weight excluding hydrogens is 334 g/mol. The van der Waals surface area contributed by atoms with E-state index in [-0.39, 0.29) is 27.8 Å². The molecule has 2 heterocycles. The van der Waals surface area contributed by atoms with Crippen molar-refractivity contribution in [1.29, 1.82) is 0 Å². The number of ether oxygens (including phenoxy) is 2. The summed E-state index contributed by atoms with van der Waals surface area (Å²) < 4.78 is 35.7. The first kappa shape index (κ1) is 16.7. The molecule has 1 fully saturated rings. The SMILES string of the molecule is COC(=O)c1cc(OC)c(S(=O)(=O)N2CCC[C@H]2C(=O)O)s1. The fourth-order valence-corrected chi connectivity index (χ4v) is 5.52. The minimum atomic E-state index is -4.06. The average Bonchev–Trinajstić information content (AvgIpc) is 3.13. The number of sulfonamides is 1. The Hall–Kier alpha value is -1.65. The summed E-state index contributed by atoms with van der Waals surface area (Å²) in [6.07, 6.45) is 0.722. The average molecular weight is 349 g/mol. The summed E-state index contributed by atoms with van der Waals surface area (Å²) in [5, 5.41) is 9.14. The number of hydrogen-bond donors (Lipinski definition) is 1. The van der Waals surface area contributed by atoms with Gasteiger partial charge in [0, 0.05) is 12.6 Å². The van der Waals surface area contributed by atoms with Crippen molar-refractivity contribution in [2.45, 2.75) is 23.1 Å². The van der Waals surface area contributed by atoms with E-state index in [4.69, 9.17) is 9.84 Å². The molecule has 0 aromatic carbocycles. The van der Waals surface area contributed by atoms with Crippen LogP contribution in [0.25, 0.3) is 0 Å². The quantitative estimate of drug-likeness (QED) is 0.782. The molecule has 0 spiro atoms. The Balaban J connectivity index is 2.47. The van der Waals surface area contributed by atoms with E-state index in [1.807, 2.05) is 0 Å². The van der Waals surface area contributed by atoms with Crippen LogP contribution in [-0.4, -0.2) is 56.6 Å². The van der Waals surface area contributed by atoms with Crippen LogP contribution in [-0.2, 0) is 19.6 Å². The van der Waals surface area contributed by atoms with Crippen molar-refractivity contribution >= 4 is 33.3 Å². The Kier molecular flexibility index (Phi) is 4.73. The van der Waals surface area contributed by atoms with E-state index in [0.717, 1.165) is 4.31 Å². The van der Waals surface area contributed by atoms with E-state index >= 15 is 0 Å². The standard InChI is InChI=1S/C12H15NO7S2/c1-19-8-6-9(11(16)20-2)21-12(8)22(17,18)13-5-3-4-7(13)10(14)15/h6-7H,3-5H2,1-2H3,(H,14,15)/t7-/m0/s1. The summed E-state index contributed by atoms with van der Waals surface area (Å²) in [7, 11) is -1.60. The Morgan fingerprint density at radius 1 is 1.41 bits per heavy atom. The molecule has 1 aromatic rings. The molecule has 1 aromatic heterocycles. The number of aliphatic carboxylic acids is 1. The van der Waals surface area contributed by atoms with Gasteiger partial charge in [-0.05, 0) is 12.8 Å². The van der Waals surface area contributed by atoms with Crippen LogP contribution >= 0.6 is 11.3 Å². The second-order valence-electron chi connectivity index (χ2n) is 4.57. The third kappa shape index (κ3) is 2.81. The maximum atomic E-state index is 12.7. The van der Waals surface area contributed by atoms with Crippen LogP contribution in [0.15, 0.2) is 10.3 Å². The molecule has 1 aliphatic heterocycles. The Morgan fingerprint density at radius 2 is 2.09 bits per heavy atom. The topological polar surface area (TPSA) is 110 Å². The Bertz CT molecular complexity index is 694. The summed E-state index contributed by atoms with van der Waals surface area (Å²) in [4.78, 5) is 22.8. The van der Waals surface area contributed by atoms with E-state index in [1.54, 1.807) is 0 Å². The number of carbonyl (C=O) groups excluding carboxylic acids is 1. The predicted octanol–water partition coefficient (Wildman–Crippen LogP) is 0.781. The van der Waals surface area contributed by atoms with Gasteiger partial charge in [0.15, 0.2) is 9.96 Å². The number of esters is 1. The van der Waals surface area contributed by atoms with E-state index < -0.39 is 28.0 Å². The van der Waals surface area contributed by atoms with Gasteiger partial charge in [-0.2, -0.15) is 4.31 Å². The fraction of sp³-hybridized carbons (Fsp3) is 0.500. The van der Waals surface area contributed by atoms with Crippen molar-refractivity contribution in [3.63, 3.8) is 0 Å². The minimum Gasteiger partial charge on any atom is -0.494 e. The van der Waals surface area contributed by atoms with Crippen molar-refractivity contribution in [1.82, 2.24) is 4.31 Å². The number of carboxylic acids is 1. The Labute approximate surface area is 131 Å². The summed E-state index contributed by atoms with van der Waals surface area (Å²) in [5.41, 5.74) is 0. The van der Waals surface area contributed by atoms with Crippen molar-refractivity contribution in [3.05, 3.63) is 10.9 Å². The number of methoxy groups -OCH3 is 2. The van der Waals surface area contributed by atoms with Gasteiger partial charge in [0.2, 0.25) is 0 Å². The molecule has 1 N–H and O–H groups in total. The first-order valence-electron chi connectivity index (χ1n) is 6.33. The zero-order valence-electron chi connectivity index (χ0n) is 11.9. The van der Waals surface area contributed by atoms with Crippen LogP contribution < -0.4 is 4.74 Å². The number of nitrogens with zero attached hydrogens (tertiary/aromatic N) is 1. The number of carboxylic acid groups (broad SMARTS) is 1. The van der Waals surface area contributed by atoms with Crippen molar-refractivity contribution < 1.29 is 32.6 Å². The molecule has 122 valence electrons. The van der Waals surface area contributed by atoms with Gasteiger partial charge in [0.25, 0.3) is 10.0 Å². The summed E-state index contributed by atoms with van der Waals surface area (Å²) in [6.45, 7) is 0.119. The monoisotopic (exact) mass is 349 g/mol. The van der Waals surface area contributed by atoms with E-state index in [2.05, 4.69) is 4.74 Å². The smallest absolute Gasteiger partial charge is 0.348 e. The molecule has 1 atom stereocenters. The van der Waals surface area contributed by atoms with Crippen LogP contribution in [0.5, 0.6) is 5.75 Å². The van der Waals surface area contributed by atoms with Crippen LogP contribution in [0, 0.1) is 0 Å². The highest BCUT2D eigenvalue weighted by atomic mass is 32.2. The molecule has 1 saturated heterocycles. The number of carbonyl (C=O) groups is 2. The highest BCUT2D eigenvalue weighted by Gasteiger charge is 2.42. The third-order valence-electron chi connectivity index (χ3n) is 3.30. The molecule has 1 aliphatic rings. The zero-order valence-corrected chi connectivity index (χ0v) is 13.6. The van der Waals surface area contributed by atoms with Crippen molar-refractivity contribution in [3.8, 4) is 5.75 Å². The van der Waals surface area contributed by atoms with Gasteiger partial charge in [-0.15, -0.1) is 11.3 Å². The van der Waals surface area contributed by atoms with E-state index in [9.17, 15) is 18.0 Å². The van der Waals surface area contributed by atoms with Crippen molar-refractivity contribution in [2.24, 2.45) is 0 Å². The van der Waals surface area contributed by atoms with Gasteiger partial charge < -0.3 is 14.6 Å². The summed E-state index contributed by atoms with van der Waals surface area (Å²) >= 11 is 0.702. The zero-order chi connectivity index (χ0) is 16.5. The molecule has 0 bridgehead atoms. The molecule has 0 amide bonds.